The molecule has 1 rings (SSSR count). The van der Waals surface area contributed by atoms with Crippen LogP contribution in [0.1, 0.15) is 46.0 Å². The molecule has 1 aliphatic carbocycles. The van der Waals surface area contributed by atoms with E-state index in [4.69, 9.17) is 5.11 Å². The molecule has 1 saturated carbocycles. The summed E-state index contributed by atoms with van der Waals surface area (Å²) in [5.74, 6) is -1.99. The van der Waals surface area contributed by atoms with Gasteiger partial charge in [-0.3, -0.25) is 4.79 Å². The van der Waals surface area contributed by atoms with Crippen LogP contribution in [0, 0.1) is 11.3 Å². The van der Waals surface area contributed by atoms with Gasteiger partial charge in [-0.25, -0.2) is 4.79 Å². The van der Waals surface area contributed by atoms with E-state index >= 15 is 0 Å². The summed E-state index contributed by atoms with van der Waals surface area (Å²) >= 11 is 0. The lowest BCUT2D eigenvalue weighted by molar-refractivity contribution is -0.162. The first kappa shape index (κ1) is 16.8. The van der Waals surface area contributed by atoms with Crippen molar-refractivity contribution in [1.29, 1.82) is 0 Å². The predicted octanol–water partition coefficient (Wildman–Crippen LogP) is 2.72. The molecule has 4 nitrogen and oxygen atoms in total. The summed E-state index contributed by atoms with van der Waals surface area (Å²) in [7, 11) is 0. The van der Waals surface area contributed by atoms with Gasteiger partial charge in [0.2, 0.25) is 5.91 Å². The van der Waals surface area contributed by atoms with Crippen LogP contribution in [-0.2, 0) is 9.59 Å². The molecule has 2 N–H and O–H groups in total. The van der Waals surface area contributed by atoms with Crippen molar-refractivity contribution in [3.63, 3.8) is 0 Å². The van der Waals surface area contributed by atoms with Crippen molar-refractivity contribution in [2.75, 3.05) is 0 Å². The standard InChI is InChI=1S/C13H20F3NO3/c1-8(2)6-12(4-3-5-12)11(20)17-9(10(18)19)7-13(14,15)16/h8-9H,3-7H2,1-2H3,(H,17,20)(H,18,19). The third-order valence-corrected chi connectivity index (χ3v) is 3.63. The first-order valence-corrected chi connectivity index (χ1v) is 6.66. The Balaban J connectivity index is 2.72. The fraction of sp³-hybridized carbons (Fsp3) is 0.846. The van der Waals surface area contributed by atoms with Gasteiger partial charge in [-0.2, -0.15) is 13.2 Å². The van der Waals surface area contributed by atoms with E-state index < -0.39 is 35.9 Å². The molecular formula is C13H20F3NO3. The minimum absolute atomic E-state index is 0.229. The zero-order valence-corrected chi connectivity index (χ0v) is 11.6. The molecule has 7 heteroatoms. The lowest BCUT2D eigenvalue weighted by Gasteiger charge is -2.42. The highest BCUT2D eigenvalue weighted by molar-refractivity contribution is 5.88. The van der Waals surface area contributed by atoms with E-state index in [1.165, 1.54) is 0 Å². The van der Waals surface area contributed by atoms with E-state index in [-0.39, 0.29) is 5.92 Å². The molecule has 1 aliphatic rings. The second-order valence-electron chi connectivity index (χ2n) is 5.92. The summed E-state index contributed by atoms with van der Waals surface area (Å²) in [5, 5.41) is 10.9. The summed E-state index contributed by atoms with van der Waals surface area (Å²) < 4.78 is 36.9. The Morgan fingerprint density at radius 1 is 1.30 bits per heavy atom. The molecule has 1 fully saturated rings. The molecule has 0 aromatic carbocycles. The molecule has 20 heavy (non-hydrogen) atoms. The Labute approximate surface area is 115 Å². The van der Waals surface area contributed by atoms with Gasteiger partial charge in [-0.15, -0.1) is 0 Å². The number of aliphatic carboxylic acids is 1. The highest BCUT2D eigenvalue weighted by atomic mass is 19.4. The summed E-state index contributed by atoms with van der Waals surface area (Å²) in [4.78, 5) is 23.0. The highest BCUT2D eigenvalue weighted by Crippen LogP contribution is 2.46. The number of carboxylic acid groups (broad SMARTS) is 1. The number of hydrogen-bond donors (Lipinski definition) is 2. The van der Waals surface area contributed by atoms with E-state index in [9.17, 15) is 22.8 Å². The summed E-state index contributed by atoms with van der Waals surface area (Å²) in [6.45, 7) is 3.86. The Morgan fingerprint density at radius 3 is 2.15 bits per heavy atom. The lowest BCUT2D eigenvalue weighted by atomic mass is 9.64. The number of halogens is 3. The predicted molar refractivity (Wildman–Crippen MR) is 66.0 cm³/mol. The van der Waals surface area contributed by atoms with Crippen LogP contribution in [0.5, 0.6) is 0 Å². The monoisotopic (exact) mass is 295 g/mol. The van der Waals surface area contributed by atoms with Gasteiger partial charge in [-0.05, 0) is 25.2 Å². The first-order valence-electron chi connectivity index (χ1n) is 6.66. The van der Waals surface area contributed by atoms with Crippen molar-refractivity contribution in [2.24, 2.45) is 11.3 Å². The molecular weight excluding hydrogens is 275 g/mol. The van der Waals surface area contributed by atoms with Gasteiger partial charge in [0.1, 0.15) is 6.04 Å². The van der Waals surface area contributed by atoms with Crippen LogP contribution in [0.2, 0.25) is 0 Å². The van der Waals surface area contributed by atoms with Crippen molar-refractivity contribution in [1.82, 2.24) is 5.32 Å². The lowest BCUT2D eigenvalue weighted by Crippen LogP contribution is -2.52. The van der Waals surface area contributed by atoms with Crippen molar-refractivity contribution in [2.45, 2.75) is 58.2 Å². The Hall–Kier alpha value is -1.27. The van der Waals surface area contributed by atoms with E-state index in [0.29, 0.717) is 19.3 Å². The average molecular weight is 295 g/mol. The third-order valence-electron chi connectivity index (χ3n) is 3.63. The molecule has 0 aromatic rings. The van der Waals surface area contributed by atoms with E-state index in [1.807, 2.05) is 13.8 Å². The maximum absolute atomic E-state index is 12.3. The van der Waals surface area contributed by atoms with Crippen molar-refractivity contribution in [3.05, 3.63) is 0 Å². The van der Waals surface area contributed by atoms with Crippen LogP contribution in [0.4, 0.5) is 13.2 Å². The number of alkyl halides is 3. The smallest absolute Gasteiger partial charge is 0.391 e. The van der Waals surface area contributed by atoms with E-state index in [1.54, 1.807) is 0 Å². The molecule has 0 saturated heterocycles. The maximum Gasteiger partial charge on any atom is 0.391 e. The van der Waals surface area contributed by atoms with Crippen LogP contribution in [0.25, 0.3) is 0 Å². The van der Waals surface area contributed by atoms with Crippen LogP contribution in [-0.4, -0.2) is 29.2 Å². The van der Waals surface area contributed by atoms with Crippen LogP contribution >= 0.6 is 0 Å². The minimum Gasteiger partial charge on any atom is -0.480 e. The van der Waals surface area contributed by atoms with Gasteiger partial charge >= 0.3 is 12.1 Å². The molecule has 1 unspecified atom stereocenters. The molecule has 1 amide bonds. The second kappa shape index (κ2) is 6.01. The number of nitrogens with one attached hydrogen (secondary N) is 1. The molecule has 116 valence electrons. The highest BCUT2D eigenvalue weighted by Gasteiger charge is 2.46. The zero-order valence-electron chi connectivity index (χ0n) is 11.6. The number of hydrogen-bond acceptors (Lipinski definition) is 2. The fourth-order valence-corrected chi connectivity index (χ4v) is 2.65. The zero-order chi connectivity index (χ0) is 15.6. The molecule has 0 spiro atoms. The van der Waals surface area contributed by atoms with Crippen LogP contribution < -0.4 is 5.32 Å². The summed E-state index contributed by atoms with van der Waals surface area (Å²) in [6, 6.07) is -1.91. The summed E-state index contributed by atoms with van der Waals surface area (Å²) in [5.41, 5.74) is -0.687. The second-order valence-corrected chi connectivity index (χ2v) is 5.92. The van der Waals surface area contributed by atoms with Gasteiger partial charge < -0.3 is 10.4 Å². The van der Waals surface area contributed by atoms with Gasteiger partial charge in [0, 0.05) is 5.41 Å². The largest absolute Gasteiger partial charge is 0.480 e. The normalized spacial score (nSPS) is 19.3. The quantitative estimate of drug-likeness (QED) is 0.791. The Kier molecular flexibility index (Phi) is 5.05. The van der Waals surface area contributed by atoms with Gasteiger partial charge in [-0.1, -0.05) is 20.3 Å². The molecule has 0 aromatic heterocycles. The van der Waals surface area contributed by atoms with E-state index in [0.717, 1.165) is 6.42 Å². The van der Waals surface area contributed by atoms with Gasteiger partial charge in [0.25, 0.3) is 0 Å². The minimum atomic E-state index is -4.62. The fourth-order valence-electron chi connectivity index (χ4n) is 2.65. The first-order chi connectivity index (χ1) is 9.06. The van der Waals surface area contributed by atoms with Crippen molar-refractivity contribution in [3.8, 4) is 0 Å². The number of amides is 1. The van der Waals surface area contributed by atoms with Gasteiger partial charge in [0.05, 0.1) is 6.42 Å². The van der Waals surface area contributed by atoms with E-state index in [2.05, 4.69) is 5.32 Å². The SMILES string of the molecule is CC(C)CC1(C(=O)NC(CC(F)(F)F)C(=O)O)CCC1. The topological polar surface area (TPSA) is 66.4 Å². The average Bonchev–Trinajstić information content (AvgIpc) is 2.19. The third kappa shape index (κ3) is 4.38. The summed E-state index contributed by atoms with van der Waals surface area (Å²) in [6.07, 6.45) is -3.55. The van der Waals surface area contributed by atoms with Crippen molar-refractivity contribution < 1.29 is 27.9 Å². The Morgan fingerprint density at radius 2 is 1.85 bits per heavy atom. The number of rotatable bonds is 6. The number of carboxylic acids is 1. The maximum atomic E-state index is 12.3. The van der Waals surface area contributed by atoms with Gasteiger partial charge in [0.15, 0.2) is 0 Å². The van der Waals surface area contributed by atoms with Crippen LogP contribution in [0.3, 0.4) is 0 Å². The van der Waals surface area contributed by atoms with Crippen molar-refractivity contribution >= 4 is 11.9 Å². The number of carbonyl (C=O) groups is 2. The van der Waals surface area contributed by atoms with Crippen LogP contribution in [0.15, 0.2) is 0 Å². The molecule has 0 aliphatic heterocycles. The molecule has 0 heterocycles. The Bertz CT molecular complexity index is 376. The molecule has 1 atom stereocenters. The molecule has 0 radical (unpaired) electrons. The number of carbonyl (C=O) groups excluding carboxylic acids is 1. The molecule has 0 bridgehead atoms.